The maximum Gasteiger partial charge on any atom is 0.240 e. The molecule has 0 aromatic carbocycles. The van der Waals surface area contributed by atoms with Gasteiger partial charge in [-0.1, -0.05) is 0 Å². The van der Waals surface area contributed by atoms with Gasteiger partial charge in [0.1, 0.15) is 0 Å². The van der Waals surface area contributed by atoms with Crippen LogP contribution in [0.4, 0.5) is 17.6 Å². The predicted octanol–water partition coefficient (Wildman–Crippen LogP) is -0.0280. The zero-order valence-electron chi connectivity index (χ0n) is 4.46. The second-order valence-corrected chi connectivity index (χ2v) is 1.45. The number of anilines is 2. The van der Waals surface area contributed by atoms with Crippen LogP contribution in [0.15, 0.2) is 5.18 Å². The zero-order chi connectivity index (χ0) is 6.85. The van der Waals surface area contributed by atoms with Crippen LogP contribution in [0.5, 0.6) is 0 Å². The van der Waals surface area contributed by atoms with Crippen molar-refractivity contribution >= 4 is 17.6 Å². The van der Waals surface area contributed by atoms with Crippen molar-refractivity contribution in [3.8, 4) is 0 Å². The van der Waals surface area contributed by atoms with Crippen molar-refractivity contribution in [2.75, 3.05) is 11.5 Å². The van der Waals surface area contributed by atoms with Gasteiger partial charge in [-0.15, -0.1) is 4.91 Å². The van der Waals surface area contributed by atoms with E-state index in [-0.39, 0.29) is 17.6 Å². The van der Waals surface area contributed by atoms with Gasteiger partial charge in [0.05, 0.1) is 0 Å². The number of imidazole rings is 1. The third kappa shape index (κ3) is 0.809. The van der Waals surface area contributed by atoms with Crippen molar-refractivity contribution < 1.29 is 0 Å². The first-order valence-electron chi connectivity index (χ1n) is 2.18. The summed E-state index contributed by atoms with van der Waals surface area (Å²) in [4.78, 5) is 15.6. The minimum atomic E-state index is -0.0903. The van der Waals surface area contributed by atoms with Crippen LogP contribution < -0.4 is 11.5 Å². The molecule has 9 heavy (non-hydrogen) atoms. The molecule has 0 saturated carbocycles. The van der Waals surface area contributed by atoms with Gasteiger partial charge < -0.3 is 16.5 Å². The van der Waals surface area contributed by atoms with Crippen LogP contribution in [0, 0.1) is 4.91 Å². The van der Waals surface area contributed by atoms with Crippen molar-refractivity contribution in [1.29, 1.82) is 0 Å². The van der Waals surface area contributed by atoms with Crippen LogP contribution in [0.25, 0.3) is 0 Å². The summed E-state index contributed by atoms with van der Waals surface area (Å²) in [6.07, 6.45) is 0. The highest BCUT2D eigenvalue weighted by atomic mass is 16.3. The summed E-state index contributed by atoms with van der Waals surface area (Å²) in [7, 11) is 0. The van der Waals surface area contributed by atoms with Crippen LogP contribution in [-0.4, -0.2) is 9.97 Å². The van der Waals surface area contributed by atoms with Gasteiger partial charge in [-0.05, 0) is 5.18 Å². The van der Waals surface area contributed by atoms with Crippen molar-refractivity contribution in [2.24, 2.45) is 5.18 Å². The summed E-state index contributed by atoms with van der Waals surface area (Å²) in [5.74, 6) is 0.108. The fraction of sp³-hybridized carbons (Fsp3) is 0. The normalized spacial score (nSPS) is 9.33. The van der Waals surface area contributed by atoms with E-state index in [1.54, 1.807) is 0 Å². The number of nitrogens with two attached hydrogens (primary N) is 2. The van der Waals surface area contributed by atoms with E-state index in [0.29, 0.717) is 0 Å². The van der Waals surface area contributed by atoms with Crippen LogP contribution in [0.2, 0.25) is 0 Å². The van der Waals surface area contributed by atoms with Crippen molar-refractivity contribution in [1.82, 2.24) is 9.97 Å². The van der Waals surface area contributed by atoms with E-state index in [9.17, 15) is 4.91 Å². The van der Waals surface area contributed by atoms with E-state index < -0.39 is 0 Å². The van der Waals surface area contributed by atoms with E-state index in [1.807, 2.05) is 0 Å². The summed E-state index contributed by atoms with van der Waals surface area (Å²) in [6, 6.07) is 0. The third-order valence-corrected chi connectivity index (χ3v) is 0.816. The number of rotatable bonds is 1. The van der Waals surface area contributed by atoms with Gasteiger partial charge in [-0.3, -0.25) is 0 Å². The van der Waals surface area contributed by atoms with Crippen LogP contribution in [0.1, 0.15) is 0 Å². The van der Waals surface area contributed by atoms with Gasteiger partial charge in [0.25, 0.3) is 0 Å². The number of aromatic nitrogens is 2. The van der Waals surface area contributed by atoms with Crippen LogP contribution in [0.3, 0.4) is 0 Å². The van der Waals surface area contributed by atoms with E-state index in [2.05, 4.69) is 15.1 Å². The second-order valence-electron chi connectivity index (χ2n) is 1.45. The van der Waals surface area contributed by atoms with Gasteiger partial charge in [0.15, 0.2) is 5.82 Å². The maximum absolute atomic E-state index is 9.77. The predicted molar refractivity (Wildman–Crippen MR) is 32.9 cm³/mol. The molecule has 1 aromatic rings. The van der Waals surface area contributed by atoms with Crippen LogP contribution in [-0.2, 0) is 0 Å². The Morgan fingerprint density at radius 3 is 2.44 bits per heavy atom. The summed E-state index contributed by atoms with van der Waals surface area (Å²) in [5.41, 5.74) is 10.3. The number of H-pyrrole nitrogens is 1. The monoisotopic (exact) mass is 127 g/mol. The molecule has 0 unspecified atom stereocenters. The average molecular weight is 127 g/mol. The summed E-state index contributed by atoms with van der Waals surface area (Å²) in [5, 5.41) is 2.49. The van der Waals surface area contributed by atoms with Crippen molar-refractivity contribution in [2.45, 2.75) is 0 Å². The zero-order valence-corrected chi connectivity index (χ0v) is 4.46. The molecule has 0 atom stereocenters. The highest BCUT2D eigenvalue weighted by Crippen LogP contribution is 2.17. The molecular formula is C3H5N5O. The Morgan fingerprint density at radius 2 is 2.22 bits per heavy atom. The summed E-state index contributed by atoms with van der Waals surface area (Å²) >= 11 is 0. The number of aromatic amines is 1. The molecule has 48 valence electrons. The van der Waals surface area contributed by atoms with Gasteiger partial charge in [0.2, 0.25) is 11.8 Å². The number of nitrogens with zero attached hydrogens (tertiary/aromatic N) is 2. The highest BCUT2D eigenvalue weighted by Gasteiger charge is 2.02. The van der Waals surface area contributed by atoms with E-state index in [0.717, 1.165) is 0 Å². The maximum atomic E-state index is 9.77. The average Bonchev–Trinajstić information content (AvgIpc) is 2.10. The first kappa shape index (κ1) is 5.54. The van der Waals surface area contributed by atoms with E-state index in [4.69, 9.17) is 11.5 Å². The lowest BCUT2D eigenvalue weighted by Crippen LogP contribution is -1.87. The molecule has 0 fully saturated rings. The Kier molecular flexibility index (Phi) is 1.07. The van der Waals surface area contributed by atoms with Crippen molar-refractivity contribution in [3.63, 3.8) is 0 Å². The number of hydrogen-bond acceptors (Lipinski definition) is 5. The van der Waals surface area contributed by atoms with Gasteiger partial charge in [-0.2, -0.15) is 4.98 Å². The molecule has 0 radical (unpaired) electrons. The molecule has 6 nitrogen and oxygen atoms in total. The standard InChI is InChI=1S/C3H5N5O/c4-1-2(8-9)7-3(5)6-1/h4H2,(H3,5,6,7). The SMILES string of the molecule is Nc1nc(N=O)c(N)[nH]1. The smallest absolute Gasteiger partial charge is 0.240 e. The quantitative estimate of drug-likeness (QED) is 0.460. The van der Waals surface area contributed by atoms with Gasteiger partial charge >= 0.3 is 0 Å². The molecule has 1 heterocycles. The Hall–Kier alpha value is -1.59. The minimum absolute atomic E-state index is 0.0903. The third-order valence-electron chi connectivity index (χ3n) is 0.816. The first-order valence-corrected chi connectivity index (χ1v) is 2.18. The van der Waals surface area contributed by atoms with Crippen LogP contribution >= 0.6 is 0 Å². The molecule has 0 aliphatic carbocycles. The lowest BCUT2D eigenvalue weighted by Gasteiger charge is -1.78. The lowest BCUT2D eigenvalue weighted by atomic mass is 10.7. The summed E-state index contributed by atoms with van der Waals surface area (Å²) < 4.78 is 0. The molecule has 0 amide bonds. The van der Waals surface area contributed by atoms with Crippen molar-refractivity contribution in [3.05, 3.63) is 4.91 Å². The molecule has 0 spiro atoms. The Morgan fingerprint density at radius 1 is 1.56 bits per heavy atom. The van der Waals surface area contributed by atoms with Gasteiger partial charge in [-0.25, -0.2) is 0 Å². The topological polar surface area (TPSA) is 110 Å². The molecule has 1 rings (SSSR count). The number of nitrogens with one attached hydrogen (secondary N) is 1. The first-order chi connectivity index (χ1) is 4.24. The largest absolute Gasteiger partial charge is 0.382 e. The molecule has 0 saturated heterocycles. The fourth-order valence-electron chi connectivity index (χ4n) is 0.466. The van der Waals surface area contributed by atoms with E-state index in [1.165, 1.54) is 0 Å². The Balaban J connectivity index is 3.15. The number of hydrogen-bond donors (Lipinski definition) is 3. The molecule has 0 aliphatic heterocycles. The van der Waals surface area contributed by atoms with E-state index >= 15 is 0 Å². The molecule has 6 heteroatoms. The second kappa shape index (κ2) is 1.73. The highest BCUT2D eigenvalue weighted by molar-refractivity contribution is 5.55. The Bertz CT molecular complexity index is 228. The lowest BCUT2D eigenvalue weighted by molar-refractivity contribution is 1.30. The Labute approximate surface area is 50.2 Å². The molecule has 0 bridgehead atoms. The molecule has 5 N–H and O–H groups in total. The molecular weight excluding hydrogens is 122 g/mol. The van der Waals surface area contributed by atoms with Gasteiger partial charge in [0, 0.05) is 0 Å². The number of nitroso groups, excluding NO2 is 1. The minimum Gasteiger partial charge on any atom is -0.382 e. The fourth-order valence-corrected chi connectivity index (χ4v) is 0.466. The molecule has 1 aromatic heterocycles. The summed E-state index contributed by atoms with van der Waals surface area (Å²) in [6.45, 7) is 0. The number of nitrogen functional groups attached to an aromatic ring is 2. The molecule has 0 aliphatic rings.